The molecule has 1 saturated carbocycles. The molecule has 5 nitrogen and oxygen atoms in total. The van der Waals surface area contributed by atoms with Gasteiger partial charge in [0.1, 0.15) is 12.6 Å². The Hall–Kier alpha value is -2.04. The van der Waals surface area contributed by atoms with E-state index < -0.39 is 18.1 Å². The van der Waals surface area contributed by atoms with Crippen LogP contribution in [0, 0.1) is 5.92 Å². The van der Waals surface area contributed by atoms with E-state index in [4.69, 9.17) is 4.74 Å². The van der Waals surface area contributed by atoms with E-state index in [9.17, 15) is 14.7 Å². The Morgan fingerprint density at radius 2 is 1.86 bits per heavy atom. The molecule has 0 aliphatic heterocycles. The van der Waals surface area contributed by atoms with Crippen molar-refractivity contribution in [1.82, 2.24) is 5.32 Å². The summed E-state index contributed by atoms with van der Waals surface area (Å²) in [7, 11) is 0. The zero-order valence-electron chi connectivity index (χ0n) is 12.0. The van der Waals surface area contributed by atoms with Crippen molar-refractivity contribution in [2.75, 3.05) is 0 Å². The van der Waals surface area contributed by atoms with Crippen molar-refractivity contribution in [3.05, 3.63) is 35.9 Å². The summed E-state index contributed by atoms with van der Waals surface area (Å²) in [6.45, 7) is 0.143. The number of amides is 1. The van der Waals surface area contributed by atoms with Gasteiger partial charge in [0.15, 0.2) is 0 Å². The maximum absolute atomic E-state index is 11.8. The highest BCUT2D eigenvalue weighted by atomic mass is 16.5. The standard InChI is InChI=1S/C16H21NO4/c18-15(19)14(13-9-5-2-6-10-13)17-16(20)21-11-12-7-3-1-4-8-12/h1,3-4,7-8,13-14H,2,5-6,9-11H2,(H,17,20)(H,18,19)/t14-/m0/s1. The number of carboxylic acids is 1. The van der Waals surface area contributed by atoms with Crippen LogP contribution in [0.5, 0.6) is 0 Å². The molecule has 0 spiro atoms. The fraction of sp³-hybridized carbons (Fsp3) is 0.500. The van der Waals surface area contributed by atoms with Crippen LogP contribution in [0.1, 0.15) is 37.7 Å². The van der Waals surface area contributed by atoms with E-state index in [1.807, 2.05) is 30.3 Å². The number of hydrogen-bond donors (Lipinski definition) is 2. The van der Waals surface area contributed by atoms with Crippen LogP contribution in [-0.4, -0.2) is 23.2 Å². The van der Waals surface area contributed by atoms with Crippen molar-refractivity contribution < 1.29 is 19.4 Å². The summed E-state index contributed by atoms with van der Waals surface area (Å²) >= 11 is 0. The van der Waals surface area contributed by atoms with Gasteiger partial charge in [0, 0.05) is 0 Å². The zero-order valence-corrected chi connectivity index (χ0v) is 12.0. The van der Waals surface area contributed by atoms with Crippen molar-refractivity contribution in [1.29, 1.82) is 0 Å². The summed E-state index contributed by atoms with van der Waals surface area (Å²) in [5.41, 5.74) is 0.872. The molecule has 5 heteroatoms. The van der Waals surface area contributed by atoms with Crippen molar-refractivity contribution in [2.24, 2.45) is 5.92 Å². The molecular formula is C16H21NO4. The maximum atomic E-state index is 11.8. The Kier molecular flexibility index (Phi) is 5.60. The van der Waals surface area contributed by atoms with Crippen LogP contribution in [-0.2, 0) is 16.1 Å². The Labute approximate surface area is 124 Å². The molecule has 0 saturated heterocycles. The first-order chi connectivity index (χ1) is 10.2. The number of benzene rings is 1. The number of alkyl carbamates (subject to hydrolysis) is 1. The zero-order chi connectivity index (χ0) is 15.1. The Morgan fingerprint density at radius 3 is 2.48 bits per heavy atom. The predicted octanol–water partition coefficient (Wildman–Crippen LogP) is 2.95. The van der Waals surface area contributed by atoms with Gasteiger partial charge in [0.05, 0.1) is 0 Å². The number of aliphatic carboxylic acids is 1. The van der Waals surface area contributed by atoms with Gasteiger partial charge in [-0.1, -0.05) is 49.6 Å². The Bertz CT molecular complexity index is 468. The summed E-state index contributed by atoms with van der Waals surface area (Å²) in [6.07, 6.45) is 4.20. The van der Waals surface area contributed by atoms with Crippen LogP contribution in [0.3, 0.4) is 0 Å². The van der Waals surface area contributed by atoms with Gasteiger partial charge in [-0.25, -0.2) is 9.59 Å². The number of carbonyl (C=O) groups is 2. The highest BCUT2D eigenvalue weighted by Crippen LogP contribution is 2.26. The minimum atomic E-state index is -0.987. The highest BCUT2D eigenvalue weighted by molar-refractivity contribution is 5.80. The van der Waals surface area contributed by atoms with E-state index in [0.717, 1.165) is 37.7 Å². The molecular weight excluding hydrogens is 270 g/mol. The minimum Gasteiger partial charge on any atom is -0.480 e. The van der Waals surface area contributed by atoms with E-state index >= 15 is 0 Å². The average molecular weight is 291 g/mol. The second kappa shape index (κ2) is 7.67. The van der Waals surface area contributed by atoms with Crippen LogP contribution in [0.25, 0.3) is 0 Å². The first-order valence-electron chi connectivity index (χ1n) is 7.37. The fourth-order valence-electron chi connectivity index (χ4n) is 2.74. The summed E-state index contributed by atoms with van der Waals surface area (Å²) in [5.74, 6) is -0.987. The van der Waals surface area contributed by atoms with Gasteiger partial charge in [0.2, 0.25) is 0 Å². The average Bonchev–Trinajstić information content (AvgIpc) is 2.52. The molecule has 0 aromatic heterocycles. The van der Waals surface area contributed by atoms with Crippen molar-refractivity contribution >= 4 is 12.1 Å². The second-order valence-corrected chi connectivity index (χ2v) is 5.42. The predicted molar refractivity (Wildman–Crippen MR) is 77.8 cm³/mol. The van der Waals surface area contributed by atoms with Crippen LogP contribution in [0.4, 0.5) is 4.79 Å². The summed E-state index contributed by atoms with van der Waals surface area (Å²) in [6, 6.07) is 8.45. The molecule has 114 valence electrons. The van der Waals surface area contributed by atoms with Crippen LogP contribution in [0.2, 0.25) is 0 Å². The second-order valence-electron chi connectivity index (χ2n) is 5.42. The van der Waals surface area contributed by atoms with Gasteiger partial charge in [-0.3, -0.25) is 0 Å². The molecule has 1 atom stereocenters. The highest BCUT2D eigenvalue weighted by Gasteiger charge is 2.31. The molecule has 0 radical (unpaired) electrons. The SMILES string of the molecule is O=C(N[C@H](C(=O)O)C1CCCCC1)OCc1ccccc1. The number of carboxylic acid groups (broad SMARTS) is 1. The minimum absolute atomic E-state index is 0.000486. The van der Waals surface area contributed by atoms with Gasteiger partial charge < -0.3 is 15.2 Å². The number of ether oxygens (including phenoxy) is 1. The molecule has 0 bridgehead atoms. The number of carbonyl (C=O) groups excluding carboxylic acids is 1. The lowest BCUT2D eigenvalue weighted by Gasteiger charge is -2.27. The van der Waals surface area contributed by atoms with Gasteiger partial charge in [-0.15, -0.1) is 0 Å². The van der Waals surface area contributed by atoms with E-state index in [-0.39, 0.29) is 12.5 Å². The van der Waals surface area contributed by atoms with Crippen LogP contribution >= 0.6 is 0 Å². The van der Waals surface area contributed by atoms with Gasteiger partial charge in [0.25, 0.3) is 0 Å². The normalized spacial score (nSPS) is 17.0. The maximum Gasteiger partial charge on any atom is 0.408 e. The lowest BCUT2D eigenvalue weighted by molar-refractivity contribution is -0.141. The number of rotatable bonds is 5. The number of nitrogens with one attached hydrogen (secondary N) is 1. The third kappa shape index (κ3) is 4.77. The molecule has 1 aliphatic rings. The van der Waals surface area contributed by atoms with E-state index in [1.54, 1.807) is 0 Å². The van der Waals surface area contributed by atoms with Crippen LogP contribution < -0.4 is 5.32 Å². The smallest absolute Gasteiger partial charge is 0.408 e. The van der Waals surface area contributed by atoms with Crippen LogP contribution in [0.15, 0.2) is 30.3 Å². The van der Waals surface area contributed by atoms with Gasteiger partial charge in [-0.05, 0) is 24.3 Å². The van der Waals surface area contributed by atoms with Crippen molar-refractivity contribution in [3.63, 3.8) is 0 Å². The summed E-state index contributed by atoms with van der Waals surface area (Å²) in [4.78, 5) is 23.1. The van der Waals surface area contributed by atoms with Gasteiger partial charge in [-0.2, -0.15) is 0 Å². The molecule has 0 unspecified atom stereocenters. The largest absolute Gasteiger partial charge is 0.480 e. The van der Waals surface area contributed by atoms with E-state index in [0.29, 0.717) is 0 Å². The molecule has 1 amide bonds. The first kappa shape index (κ1) is 15.4. The summed E-state index contributed by atoms with van der Waals surface area (Å²) in [5, 5.41) is 11.8. The molecule has 0 heterocycles. The Morgan fingerprint density at radius 1 is 1.19 bits per heavy atom. The lowest BCUT2D eigenvalue weighted by Crippen LogP contribution is -2.46. The quantitative estimate of drug-likeness (QED) is 0.874. The van der Waals surface area contributed by atoms with E-state index in [2.05, 4.69) is 5.32 Å². The summed E-state index contributed by atoms with van der Waals surface area (Å²) < 4.78 is 5.09. The molecule has 1 fully saturated rings. The van der Waals surface area contributed by atoms with Crippen molar-refractivity contribution in [2.45, 2.75) is 44.8 Å². The molecule has 1 aromatic rings. The molecule has 1 aromatic carbocycles. The lowest BCUT2D eigenvalue weighted by atomic mass is 9.84. The molecule has 2 N–H and O–H groups in total. The number of hydrogen-bond acceptors (Lipinski definition) is 3. The molecule has 2 rings (SSSR count). The molecule has 1 aliphatic carbocycles. The fourth-order valence-corrected chi connectivity index (χ4v) is 2.74. The Balaban J connectivity index is 1.84. The topological polar surface area (TPSA) is 75.6 Å². The van der Waals surface area contributed by atoms with Crippen molar-refractivity contribution in [3.8, 4) is 0 Å². The third-order valence-electron chi connectivity index (χ3n) is 3.87. The van der Waals surface area contributed by atoms with E-state index in [1.165, 1.54) is 0 Å². The third-order valence-corrected chi connectivity index (χ3v) is 3.87. The molecule has 21 heavy (non-hydrogen) atoms. The monoisotopic (exact) mass is 291 g/mol. The van der Waals surface area contributed by atoms with Gasteiger partial charge >= 0.3 is 12.1 Å². The first-order valence-corrected chi connectivity index (χ1v) is 7.37.